The zero-order valence-electron chi connectivity index (χ0n) is 8.93. The van der Waals surface area contributed by atoms with Gasteiger partial charge in [-0.15, -0.1) is 0 Å². The summed E-state index contributed by atoms with van der Waals surface area (Å²) < 4.78 is 9.90. The molecule has 0 aliphatic heterocycles. The van der Waals surface area contributed by atoms with E-state index in [1.165, 1.54) is 26.4 Å². The Labute approximate surface area is 91.9 Å². The molecule has 0 fully saturated rings. The van der Waals surface area contributed by atoms with Gasteiger partial charge in [0.15, 0.2) is 0 Å². The first-order valence-corrected chi connectivity index (χ1v) is 4.45. The summed E-state index contributed by atoms with van der Waals surface area (Å²) in [7, 11) is 2.88. The third kappa shape index (κ3) is 2.94. The molecule has 0 aliphatic rings. The third-order valence-electron chi connectivity index (χ3n) is 1.95. The van der Waals surface area contributed by atoms with Gasteiger partial charge in [0, 0.05) is 16.6 Å². The molecule has 0 N–H and O–H groups in total. The lowest BCUT2D eigenvalue weighted by molar-refractivity contribution is -0.465. The molecule has 6 nitrogen and oxygen atoms in total. The van der Waals surface area contributed by atoms with E-state index in [1.807, 2.05) is 0 Å². The van der Waals surface area contributed by atoms with Gasteiger partial charge < -0.3 is 9.47 Å². The zero-order valence-corrected chi connectivity index (χ0v) is 8.93. The summed E-state index contributed by atoms with van der Waals surface area (Å²) in [5.74, 6) is 0.263. The van der Waals surface area contributed by atoms with Gasteiger partial charge in [-0.05, 0) is 12.1 Å². The normalized spacial score (nSPS) is 9.62. The second kappa shape index (κ2) is 5.11. The maximum absolute atomic E-state index is 11.4. The number of nitrogens with zero attached hydrogens (tertiary/aromatic N) is 1. The average Bonchev–Trinajstić information content (AvgIpc) is 2.27. The summed E-state index contributed by atoms with van der Waals surface area (Å²) in [6, 6.07) is 4.46. The number of nitro groups is 1. The lowest BCUT2D eigenvalue weighted by atomic mass is 10.1. The lowest BCUT2D eigenvalue weighted by Crippen LogP contribution is -2.13. The molecule has 0 atom stereocenters. The van der Waals surface area contributed by atoms with Gasteiger partial charge >= 0.3 is 0 Å². The Kier molecular flexibility index (Phi) is 3.82. The summed E-state index contributed by atoms with van der Waals surface area (Å²) in [5, 5.41) is 10.2. The molecule has 0 aromatic heterocycles. The lowest BCUT2D eigenvalue weighted by Gasteiger charge is -2.06. The van der Waals surface area contributed by atoms with Crippen molar-refractivity contribution in [3.05, 3.63) is 33.9 Å². The van der Waals surface area contributed by atoms with Gasteiger partial charge in [0.1, 0.15) is 11.5 Å². The quantitative estimate of drug-likeness (QED) is 0.427. The van der Waals surface area contributed by atoms with Crippen LogP contribution in [0.15, 0.2) is 18.2 Å². The third-order valence-corrected chi connectivity index (χ3v) is 1.95. The monoisotopic (exact) mass is 225 g/mol. The molecule has 0 saturated carbocycles. The Morgan fingerprint density at radius 1 is 1.25 bits per heavy atom. The topological polar surface area (TPSA) is 78.7 Å². The van der Waals surface area contributed by atoms with Crippen molar-refractivity contribution in [3.8, 4) is 11.5 Å². The first-order valence-electron chi connectivity index (χ1n) is 4.45. The van der Waals surface area contributed by atoms with Crippen molar-refractivity contribution in [2.24, 2.45) is 0 Å². The van der Waals surface area contributed by atoms with E-state index in [-0.39, 0.29) is 5.56 Å². The number of hydrogen-bond acceptors (Lipinski definition) is 5. The van der Waals surface area contributed by atoms with Gasteiger partial charge in [-0.1, -0.05) is 0 Å². The van der Waals surface area contributed by atoms with Gasteiger partial charge in [0.2, 0.25) is 5.78 Å². The minimum atomic E-state index is -0.740. The van der Waals surface area contributed by atoms with Crippen molar-refractivity contribution >= 4 is 5.78 Å². The first-order chi connectivity index (χ1) is 7.56. The van der Waals surface area contributed by atoms with Gasteiger partial charge in [-0.25, -0.2) is 0 Å². The fourth-order valence-electron chi connectivity index (χ4n) is 1.18. The number of carbonyl (C=O) groups is 1. The molecule has 0 aliphatic carbocycles. The smallest absolute Gasteiger partial charge is 0.265 e. The number of methoxy groups -OCH3 is 2. The molecule has 1 aromatic carbocycles. The number of ether oxygens (including phenoxy) is 2. The summed E-state index contributed by atoms with van der Waals surface area (Å²) in [6.07, 6.45) is 0. The molecule has 1 aromatic rings. The number of ketones is 1. The first kappa shape index (κ1) is 12.0. The van der Waals surface area contributed by atoms with E-state index in [9.17, 15) is 14.9 Å². The highest BCUT2D eigenvalue weighted by Crippen LogP contribution is 2.22. The highest BCUT2D eigenvalue weighted by molar-refractivity contribution is 5.97. The van der Waals surface area contributed by atoms with E-state index < -0.39 is 17.3 Å². The van der Waals surface area contributed by atoms with Crippen LogP contribution >= 0.6 is 0 Å². The standard InChI is InChI=1S/C10H11NO5/c1-15-8-3-7(4-9(5-8)16-2)10(12)6-11(13)14/h3-5H,6H2,1-2H3. The van der Waals surface area contributed by atoms with Crippen LogP contribution in [-0.2, 0) is 0 Å². The molecule has 0 heterocycles. The van der Waals surface area contributed by atoms with Crippen molar-refractivity contribution < 1.29 is 19.2 Å². The van der Waals surface area contributed by atoms with Gasteiger partial charge in [-0.3, -0.25) is 14.9 Å². The minimum Gasteiger partial charge on any atom is -0.497 e. The summed E-state index contributed by atoms with van der Waals surface area (Å²) in [4.78, 5) is 21.0. The Morgan fingerprint density at radius 3 is 2.12 bits per heavy atom. The second-order valence-corrected chi connectivity index (χ2v) is 3.02. The van der Waals surface area contributed by atoms with E-state index in [0.29, 0.717) is 11.5 Å². The average molecular weight is 225 g/mol. The second-order valence-electron chi connectivity index (χ2n) is 3.02. The van der Waals surface area contributed by atoms with Crippen LogP contribution in [0.1, 0.15) is 10.4 Å². The maximum atomic E-state index is 11.4. The number of rotatable bonds is 5. The SMILES string of the molecule is COc1cc(OC)cc(C(=O)C[N+](=O)[O-])c1. The van der Waals surface area contributed by atoms with Crippen molar-refractivity contribution in [2.75, 3.05) is 20.8 Å². The number of benzene rings is 1. The van der Waals surface area contributed by atoms with Crippen LogP contribution in [0.5, 0.6) is 11.5 Å². The minimum absolute atomic E-state index is 0.202. The van der Waals surface area contributed by atoms with Crippen LogP contribution in [0, 0.1) is 10.1 Å². The van der Waals surface area contributed by atoms with E-state index in [1.54, 1.807) is 6.07 Å². The molecule has 0 bridgehead atoms. The number of carbonyl (C=O) groups excluding carboxylic acids is 1. The molecule has 86 valence electrons. The van der Waals surface area contributed by atoms with E-state index in [2.05, 4.69) is 0 Å². The van der Waals surface area contributed by atoms with E-state index in [0.717, 1.165) is 0 Å². The Balaban J connectivity index is 3.02. The van der Waals surface area contributed by atoms with Crippen LogP contribution in [0.4, 0.5) is 0 Å². The van der Waals surface area contributed by atoms with Gasteiger partial charge in [0.25, 0.3) is 6.54 Å². The molecular weight excluding hydrogens is 214 g/mol. The molecule has 0 unspecified atom stereocenters. The van der Waals surface area contributed by atoms with Crippen LogP contribution in [0.3, 0.4) is 0 Å². The summed E-state index contributed by atoms with van der Waals surface area (Å²) in [5.41, 5.74) is 0.202. The maximum Gasteiger partial charge on any atom is 0.265 e. The highest BCUT2D eigenvalue weighted by Gasteiger charge is 2.14. The van der Waals surface area contributed by atoms with Crippen molar-refractivity contribution in [2.45, 2.75) is 0 Å². The van der Waals surface area contributed by atoms with Gasteiger partial charge in [0.05, 0.1) is 14.2 Å². The van der Waals surface area contributed by atoms with Crippen molar-refractivity contribution in [1.82, 2.24) is 0 Å². The van der Waals surface area contributed by atoms with Crippen LogP contribution in [0.25, 0.3) is 0 Å². The molecule has 6 heteroatoms. The predicted octanol–water partition coefficient (Wildman–Crippen LogP) is 1.16. The Bertz CT molecular complexity index is 393. The molecule has 0 amide bonds. The van der Waals surface area contributed by atoms with Crippen molar-refractivity contribution in [3.63, 3.8) is 0 Å². The fourth-order valence-corrected chi connectivity index (χ4v) is 1.18. The fraction of sp³-hybridized carbons (Fsp3) is 0.300. The summed E-state index contributed by atoms with van der Waals surface area (Å²) >= 11 is 0. The van der Waals surface area contributed by atoms with E-state index in [4.69, 9.17) is 9.47 Å². The number of Topliss-reactive ketones (excluding diaryl/α,β-unsaturated/α-hetero) is 1. The van der Waals surface area contributed by atoms with Crippen LogP contribution in [-0.4, -0.2) is 31.5 Å². The van der Waals surface area contributed by atoms with E-state index >= 15 is 0 Å². The molecule has 0 saturated heterocycles. The van der Waals surface area contributed by atoms with Crippen LogP contribution < -0.4 is 9.47 Å². The molecule has 0 radical (unpaired) electrons. The molecular formula is C10H11NO5. The van der Waals surface area contributed by atoms with Crippen molar-refractivity contribution in [1.29, 1.82) is 0 Å². The number of hydrogen-bond donors (Lipinski definition) is 0. The Hall–Kier alpha value is -2.11. The Morgan fingerprint density at radius 2 is 1.75 bits per heavy atom. The van der Waals surface area contributed by atoms with Crippen LogP contribution in [0.2, 0.25) is 0 Å². The largest absolute Gasteiger partial charge is 0.497 e. The molecule has 1 rings (SSSR count). The zero-order chi connectivity index (χ0) is 12.1. The predicted molar refractivity (Wildman–Crippen MR) is 55.7 cm³/mol. The molecule has 0 spiro atoms. The summed E-state index contributed by atoms with van der Waals surface area (Å²) in [6.45, 7) is -0.740. The highest BCUT2D eigenvalue weighted by atomic mass is 16.6. The molecule has 16 heavy (non-hydrogen) atoms. The van der Waals surface area contributed by atoms with Gasteiger partial charge in [-0.2, -0.15) is 0 Å².